The average molecular weight is 354 g/mol. The van der Waals surface area contributed by atoms with Crippen molar-refractivity contribution in [1.29, 1.82) is 0 Å². The zero-order valence-corrected chi connectivity index (χ0v) is 11.7. The lowest BCUT2D eigenvalue weighted by atomic mass is 10.2. The third kappa shape index (κ3) is 3.07. The van der Waals surface area contributed by atoms with Crippen LogP contribution >= 0.6 is 23.2 Å². The Labute approximate surface area is 120 Å². The summed E-state index contributed by atoms with van der Waals surface area (Å²) in [5.41, 5.74) is -6.56. The number of alkyl halides is 3. The predicted octanol–water partition coefficient (Wildman–Crippen LogP) is 3.44. The second-order valence-corrected chi connectivity index (χ2v) is 5.71. The molecule has 20 heavy (non-hydrogen) atoms. The largest absolute Gasteiger partial charge is 0.534 e. The van der Waals surface area contributed by atoms with E-state index in [2.05, 4.69) is 4.18 Å². The zero-order chi connectivity index (χ0) is 15.9. The van der Waals surface area contributed by atoms with Crippen LogP contribution in [0.3, 0.4) is 0 Å². The normalized spacial score (nSPS) is 12.3. The monoisotopic (exact) mass is 353 g/mol. The molecule has 0 unspecified atom stereocenters. The third-order valence-corrected chi connectivity index (χ3v) is 3.76. The van der Waals surface area contributed by atoms with Crippen molar-refractivity contribution >= 4 is 39.0 Å². The van der Waals surface area contributed by atoms with E-state index in [9.17, 15) is 31.7 Å². The zero-order valence-electron chi connectivity index (χ0n) is 9.36. The predicted molar refractivity (Wildman–Crippen MR) is 63.5 cm³/mol. The molecule has 0 amide bonds. The summed E-state index contributed by atoms with van der Waals surface area (Å²) in [4.78, 5) is 9.75. The van der Waals surface area contributed by atoms with Crippen LogP contribution in [0.5, 0.6) is 5.75 Å². The van der Waals surface area contributed by atoms with Gasteiger partial charge in [-0.3, -0.25) is 10.1 Å². The van der Waals surface area contributed by atoms with Gasteiger partial charge in [-0.15, -0.1) is 0 Å². The Hall–Kier alpha value is -1.26. The number of nitrogens with zero attached hydrogens (tertiary/aromatic N) is 1. The van der Waals surface area contributed by atoms with Crippen LogP contribution in [-0.2, 0) is 10.1 Å². The van der Waals surface area contributed by atoms with E-state index in [4.69, 9.17) is 23.2 Å². The molecule has 1 aromatic carbocycles. The maximum absolute atomic E-state index is 12.2. The van der Waals surface area contributed by atoms with Gasteiger partial charge in [0.05, 0.1) is 15.0 Å². The summed E-state index contributed by atoms with van der Waals surface area (Å²) in [5, 5.41) is 9.20. The van der Waals surface area contributed by atoms with Gasteiger partial charge < -0.3 is 4.18 Å². The highest BCUT2D eigenvalue weighted by Gasteiger charge is 2.49. The molecule has 0 aliphatic rings. The second-order valence-electron chi connectivity index (χ2n) is 3.39. The molecule has 0 radical (unpaired) electrons. The van der Waals surface area contributed by atoms with Crippen molar-refractivity contribution in [2.45, 2.75) is 12.4 Å². The fourth-order valence-corrected chi connectivity index (χ4v) is 2.20. The van der Waals surface area contributed by atoms with Crippen LogP contribution in [0.4, 0.5) is 18.9 Å². The van der Waals surface area contributed by atoms with Gasteiger partial charge in [0.25, 0.3) is 5.69 Å². The van der Waals surface area contributed by atoms with Crippen LogP contribution in [0.1, 0.15) is 5.56 Å². The Morgan fingerprint density at radius 3 is 2.25 bits per heavy atom. The highest BCUT2D eigenvalue weighted by Crippen LogP contribution is 2.42. The SMILES string of the molecule is Cc1c([N+](=O)[O-])cc(Cl)c(OS(=O)(=O)C(F)(F)F)c1Cl. The third-order valence-electron chi connectivity index (χ3n) is 2.07. The molecule has 0 fully saturated rings. The summed E-state index contributed by atoms with van der Waals surface area (Å²) in [6.45, 7) is 1.10. The Balaban J connectivity index is 3.44. The first kappa shape index (κ1) is 16.8. The van der Waals surface area contributed by atoms with Gasteiger partial charge in [-0.2, -0.15) is 21.6 Å². The molecule has 0 saturated heterocycles. The molecule has 1 rings (SSSR count). The minimum atomic E-state index is -5.98. The van der Waals surface area contributed by atoms with Crippen molar-refractivity contribution < 1.29 is 30.7 Å². The lowest BCUT2D eigenvalue weighted by Crippen LogP contribution is -2.28. The first-order chi connectivity index (χ1) is 8.88. The van der Waals surface area contributed by atoms with E-state index >= 15 is 0 Å². The van der Waals surface area contributed by atoms with Gasteiger partial charge >= 0.3 is 15.6 Å². The Morgan fingerprint density at radius 1 is 1.35 bits per heavy atom. The molecule has 0 aliphatic heterocycles. The minimum absolute atomic E-state index is 0.284. The van der Waals surface area contributed by atoms with Crippen LogP contribution in [0.25, 0.3) is 0 Å². The van der Waals surface area contributed by atoms with Gasteiger partial charge in [-0.25, -0.2) is 0 Å². The molecule has 112 valence electrons. The standard InChI is InChI=1S/C8H4Cl2F3NO5S/c1-3-5(14(15)16)2-4(9)7(6(3)10)19-20(17,18)8(11,12)13/h2H,1H3. The summed E-state index contributed by atoms with van der Waals surface area (Å²) < 4.78 is 62.1. The Kier molecular flexibility index (Phi) is 4.42. The lowest BCUT2D eigenvalue weighted by Gasteiger charge is -2.13. The molecule has 12 heteroatoms. The molecule has 0 aromatic heterocycles. The summed E-state index contributed by atoms with van der Waals surface area (Å²) in [6.07, 6.45) is 0. The van der Waals surface area contributed by atoms with E-state index in [0.29, 0.717) is 6.07 Å². The second kappa shape index (κ2) is 5.26. The maximum Gasteiger partial charge on any atom is 0.534 e. The van der Waals surface area contributed by atoms with E-state index < -0.39 is 42.0 Å². The fourth-order valence-electron chi connectivity index (χ4n) is 1.10. The summed E-state index contributed by atoms with van der Waals surface area (Å²) in [7, 11) is -5.98. The average Bonchev–Trinajstić information content (AvgIpc) is 2.27. The van der Waals surface area contributed by atoms with E-state index in [-0.39, 0.29) is 5.56 Å². The van der Waals surface area contributed by atoms with E-state index in [1.807, 2.05) is 0 Å². The number of halogens is 5. The van der Waals surface area contributed by atoms with Crippen LogP contribution in [0, 0.1) is 17.0 Å². The van der Waals surface area contributed by atoms with Crippen molar-refractivity contribution in [3.05, 3.63) is 31.8 Å². The number of nitro groups is 1. The van der Waals surface area contributed by atoms with Crippen molar-refractivity contribution in [2.75, 3.05) is 0 Å². The molecule has 0 heterocycles. The number of benzene rings is 1. The molecular formula is C8H4Cl2F3NO5S. The van der Waals surface area contributed by atoms with Crippen LogP contribution < -0.4 is 4.18 Å². The van der Waals surface area contributed by atoms with Gasteiger partial charge in [0.15, 0.2) is 5.75 Å². The smallest absolute Gasteiger partial charge is 0.373 e. The summed E-state index contributed by atoms with van der Waals surface area (Å²) >= 11 is 11.0. The van der Waals surface area contributed by atoms with Crippen molar-refractivity contribution in [1.82, 2.24) is 0 Å². The molecule has 1 aromatic rings. The van der Waals surface area contributed by atoms with E-state index in [1.165, 1.54) is 0 Å². The van der Waals surface area contributed by atoms with Crippen molar-refractivity contribution in [2.24, 2.45) is 0 Å². The van der Waals surface area contributed by atoms with Crippen LogP contribution in [0.15, 0.2) is 6.07 Å². The molecule has 0 spiro atoms. The molecular weight excluding hydrogens is 350 g/mol. The Morgan fingerprint density at radius 2 is 1.85 bits per heavy atom. The number of hydrogen-bond acceptors (Lipinski definition) is 5. The molecule has 0 saturated carbocycles. The molecule has 0 atom stereocenters. The first-order valence-electron chi connectivity index (χ1n) is 4.52. The topological polar surface area (TPSA) is 86.5 Å². The molecule has 0 bridgehead atoms. The minimum Gasteiger partial charge on any atom is -0.373 e. The van der Waals surface area contributed by atoms with Crippen molar-refractivity contribution in [3.8, 4) is 5.75 Å². The number of nitro benzene ring substituents is 1. The molecule has 6 nitrogen and oxygen atoms in total. The van der Waals surface area contributed by atoms with Gasteiger partial charge in [0.2, 0.25) is 0 Å². The quantitative estimate of drug-likeness (QED) is 0.359. The van der Waals surface area contributed by atoms with Gasteiger partial charge in [-0.1, -0.05) is 23.2 Å². The fraction of sp³-hybridized carbons (Fsp3) is 0.250. The highest BCUT2D eigenvalue weighted by molar-refractivity contribution is 7.88. The summed E-state index contributed by atoms with van der Waals surface area (Å²) in [6, 6.07) is 0.643. The maximum atomic E-state index is 12.2. The summed E-state index contributed by atoms with van der Waals surface area (Å²) in [5.74, 6) is -1.02. The van der Waals surface area contributed by atoms with Crippen LogP contribution in [0.2, 0.25) is 10.0 Å². The van der Waals surface area contributed by atoms with E-state index in [1.54, 1.807) is 0 Å². The number of hydrogen-bond donors (Lipinski definition) is 0. The van der Waals surface area contributed by atoms with Crippen molar-refractivity contribution in [3.63, 3.8) is 0 Å². The van der Waals surface area contributed by atoms with Crippen LogP contribution in [-0.4, -0.2) is 18.8 Å². The highest BCUT2D eigenvalue weighted by atomic mass is 35.5. The van der Waals surface area contributed by atoms with Gasteiger partial charge in [-0.05, 0) is 6.92 Å². The molecule has 0 aliphatic carbocycles. The van der Waals surface area contributed by atoms with E-state index in [0.717, 1.165) is 6.92 Å². The first-order valence-corrected chi connectivity index (χ1v) is 6.68. The van der Waals surface area contributed by atoms with Gasteiger partial charge in [0.1, 0.15) is 0 Å². The Bertz CT molecular complexity index is 674. The lowest BCUT2D eigenvalue weighted by molar-refractivity contribution is -0.385. The van der Waals surface area contributed by atoms with Gasteiger partial charge in [0, 0.05) is 11.6 Å². The number of rotatable bonds is 3. The molecule has 0 N–H and O–H groups in total.